The number of anilines is 1. The second-order valence-electron chi connectivity index (χ2n) is 11.3. The van der Waals surface area contributed by atoms with Gasteiger partial charge in [-0.05, 0) is 84.8 Å². The summed E-state index contributed by atoms with van der Waals surface area (Å²) < 4.78 is 21.1. The van der Waals surface area contributed by atoms with Crippen molar-refractivity contribution in [2.24, 2.45) is 0 Å². The molecule has 2 atom stereocenters. The van der Waals surface area contributed by atoms with Crippen LogP contribution in [0.5, 0.6) is 5.75 Å². The second-order valence-corrected chi connectivity index (χ2v) is 11.3. The highest BCUT2D eigenvalue weighted by atomic mass is 19.1. The summed E-state index contributed by atoms with van der Waals surface area (Å²) in [5, 5.41) is 21.4. The van der Waals surface area contributed by atoms with Crippen LogP contribution >= 0.6 is 0 Å². The van der Waals surface area contributed by atoms with Crippen molar-refractivity contribution in [1.29, 1.82) is 0 Å². The summed E-state index contributed by atoms with van der Waals surface area (Å²) in [6.45, 7) is 4.78. The Balaban J connectivity index is 1.36. The van der Waals surface area contributed by atoms with Crippen molar-refractivity contribution < 1.29 is 28.6 Å². The molecule has 1 unspecified atom stereocenters. The van der Waals surface area contributed by atoms with Gasteiger partial charge >= 0.3 is 0 Å². The van der Waals surface area contributed by atoms with Gasteiger partial charge in [0.2, 0.25) is 12.3 Å². The Morgan fingerprint density at radius 1 is 1.09 bits per heavy atom. The zero-order valence-corrected chi connectivity index (χ0v) is 25.8. The molecule has 0 saturated carbocycles. The largest absolute Gasteiger partial charge is 0.496 e. The van der Waals surface area contributed by atoms with Gasteiger partial charge in [-0.1, -0.05) is 30.3 Å². The lowest BCUT2D eigenvalue weighted by Gasteiger charge is -2.28. The van der Waals surface area contributed by atoms with E-state index in [1.54, 1.807) is 6.07 Å². The molecule has 0 spiro atoms. The number of rotatable bonds is 10. The molecule has 0 aliphatic carbocycles. The molecule has 3 aromatic carbocycles. The number of ether oxygens (including phenoxy) is 1. The Morgan fingerprint density at radius 2 is 1.80 bits per heavy atom. The molecule has 5 rings (SSSR count). The highest BCUT2D eigenvalue weighted by Gasteiger charge is 2.30. The van der Waals surface area contributed by atoms with Crippen molar-refractivity contribution in [2.75, 3.05) is 26.0 Å². The minimum absolute atomic E-state index is 0.0794. The number of nitrogens with zero attached hydrogens (tertiary/aromatic N) is 1. The van der Waals surface area contributed by atoms with Gasteiger partial charge in [0.15, 0.2) is 0 Å². The van der Waals surface area contributed by atoms with E-state index in [1.807, 2.05) is 50.2 Å². The van der Waals surface area contributed by atoms with E-state index in [0.717, 1.165) is 45.6 Å². The molecule has 10 nitrogen and oxygen atoms in total. The lowest BCUT2D eigenvalue weighted by Crippen LogP contribution is -2.50. The average Bonchev–Trinajstić information content (AvgIpc) is 3.44. The van der Waals surface area contributed by atoms with Crippen LogP contribution in [0.4, 0.5) is 10.1 Å². The zero-order valence-electron chi connectivity index (χ0n) is 25.8. The SMILES string of the molecule is COc1cc(-c2cccc(-c3cccc(NC(=O)C4=CNC(O)N(C)C4=O)c3C)c2C)cc(F)c1CNCC[C@@H]1CCC(=O)N1. The molecule has 3 aromatic rings. The van der Waals surface area contributed by atoms with Crippen molar-refractivity contribution in [2.45, 2.75) is 52.0 Å². The second kappa shape index (κ2) is 13.5. The van der Waals surface area contributed by atoms with Crippen LogP contribution in [0, 0.1) is 19.7 Å². The number of nitrogens with one attached hydrogen (secondary N) is 4. The maximum atomic E-state index is 15.5. The Hall–Kier alpha value is -4.74. The summed E-state index contributed by atoms with van der Waals surface area (Å²) in [4.78, 5) is 38.0. The van der Waals surface area contributed by atoms with Gasteiger partial charge in [0.05, 0.1) is 7.11 Å². The highest BCUT2D eigenvalue weighted by Crippen LogP contribution is 2.37. The summed E-state index contributed by atoms with van der Waals surface area (Å²) in [5.41, 5.74) is 5.83. The molecule has 0 radical (unpaired) electrons. The van der Waals surface area contributed by atoms with Gasteiger partial charge in [0, 0.05) is 43.5 Å². The first-order valence-electron chi connectivity index (χ1n) is 14.9. The summed E-state index contributed by atoms with van der Waals surface area (Å²) in [6.07, 6.45) is 2.16. The van der Waals surface area contributed by atoms with Crippen LogP contribution in [0.25, 0.3) is 22.3 Å². The fourth-order valence-corrected chi connectivity index (χ4v) is 5.79. The fourth-order valence-electron chi connectivity index (χ4n) is 5.79. The number of benzene rings is 3. The van der Waals surface area contributed by atoms with Crippen molar-refractivity contribution in [1.82, 2.24) is 20.9 Å². The molecule has 2 heterocycles. The number of methoxy groups -OCH3 is 1. The smallest absolute Gasteiger partial charge is 0.264 e. The van der Waals surface area contributed by atoms with Crippen molar-refractivity contribution in [3.8, 4) is 28.0 Å². The minimum Gasteiger partial charge on any atom is -0.496 e. The first kappa shape index (κ1) is 31.7. The third kappa shape index (κ3) is 6.69. The van der Waals surface area contributed by atoms with Crippen molar-refractivity contribution in [3.63, 3.8) is 0 Å². The van der Waals surface area contributed by atoms with Gasteiger partial charge in [-0.25, -0.2) is 4.39 Å². The molecule has 45 heavy (non-hydrogen) atoms. The number of hydrogen-bond acceptors (Lipinski definition) is 7. The Morgan fingerprint density at radius 3 is 2.51 bits per heavy atom. The molecule has 0 aromatic heterocycles. The van der Waals surface area contributed by atoms with Crippen LogP contribution in [0.2, 0.25) is 0 Å². The van der Waals surface area contributed by atoms with E-state index in [1.165, 1.54) is 26.4 Å². The number of likely N-dealkylation sites (N-methyl/N-ethyl adjacent to an activating group) is 1. The predicted molar refractivity (Wildman–Crippen MR) is 169 cm³/mol. The van der Waals surface area contributed by atoms with Crippen LogP contribution in [0.3, 0.4) is 0 Å². The lowest BCUT2D eigenvalue weighted by molar-refractivity contribution is -0.139. The number of hydrogen-bond donors (Lipinski definition) is 5. The van der Waals surface area contributed by atoms with Gasteiger partial charge in [-0.2, -0.15) is 0 Å². The molecule has 11 heteroatoms. The van der Waals surface area contributed by atoms with E-state index in [0.29, 0.717) is 42.1 Å². The van der Waals surface area contributed by atoms with E-state index < -0.39 is 18.2 Å². The Kier molecular flexibility index (Phi) is 9.50. The lowest BCUT2D eigenvalue weighted by atomic mass is 9.90. The number of carbonyl (C=O) groups is 3. The van der Waals surface area contributed by atoms with E-state index in [2.05, 4.69) is 21.3 Å². The average molecular weight is 616 g/mol. The molecular weight excluding hydrogens is 577 g/mol. The van der Waals surface area contributed by atoms with Gasteiger partial charge in [0.1, 0.15) is 17.1 Å². The van der Waals surface area contributed by atoms with Crippen LogP contribution < -0.4 is 26.0 Å². The quantitative estimate of drug-likeness (QED) is 0.174. The molecule has 2 aliphatic heterocycles. The third-order valence-corrected chi connectivity index (χ3v) is 8.49. The number of aliphatic hydroxyl groups is 1. The minimum atomic E-state index is -1.20. The Bertz CT molecular complexity index is 1670. The van der Waals surface area contributed by atoms with Crippen molar-refractivity contribution in [3.05, 3.63) is 82.8 Å². The summed E-state index contributed by atoms with van der Waals surface area (Å²) in [7, 11) is 2.92. The maximum absolute atomic E-state index is 15.5. The summed E-state index contributed by atoms with van der Waals surface area (Å²) >= 11 is 0. The Labute approximate surface area is 261 Å². The highest BCUT2D eigenvalue weighted by molar-refractivity contribution is 6.23. The molecule has 0 bridgehead atoms. The van der Waals surface area contributed by atoms with Gasteiger partial charge in [-0.15, -0.1) is 0 Å². The first-order valence-corrected chi connectivity index (χ1v) is 14.9. The molecule has 5 N–H and O–H groups in total. The predicted octanol–water partition coefficient (Wildman–Crippen LogP) is 3.70. The van der Waals surface area contributed by atoms with Crippen LogP contribution in [0.1, 0.15) is 36.0 Å². The van der Waals surface area contributed by atoms with Gasteiger partial charge < -0.3 is 31.1 Å². The normalized spacial score (nSPS) is 17.9. The van der Waals surface area contributed by atoms with Crippen molar-refractivity contribution >= 4 is 23.4 Å². The number of halogens is 1. The van der Waals surface area contributed by atoms with Crippen LogP contribution in [-0.4, -0.2) is 60.8 Å². The molecule has 1 saturated heterocycles. The number of carbonyl (C=O) groups excluding carboxylic acids is 3. The standard InChI is InChI=1S/C34H38FN5O5/c1-19-23(21-15-28(35)26(30(16-21)45-4)17-36-14-13-22-11-12-31(41)38-22)7-5-8-24(19)25-9-6-10-29(20(25)2)39-32(42)27-18-37-34(44)40(3)33(27)43/h5-10,15-16,18,22,34,36-37,44H,11-14,17H2,1-4H3,(H,38,41)(H,39,42)/t22-,34?/m0/s1. The molecule has 3 amide bonds. The number of aliphatic hydroxyl groups excluding tert-OH is 1. The van der Waals surface area contributed by atoms with E-state index in [9.17, 15) is 19.5 Å². The monoisotopic (exact) mass is 615 g/mol. The van der Waals surface area contributed by atoms with E-state index >= 15 is 4.39 Å². The topological polar surface area (TPSA) is 132 Å². The summed E-state index contributed by atoms with van der Waals surface area (Å²) in [6, 6.07) is 14.8. The fraction of sp³-hybridized carbons (Fsp3) is 0.324. The van der Waals surface area contributed by atoms with Gasteiger partial charge in [-0.3, -0.25) is 19.3 Å². The summed E-state index contributed by atoms with van der Waals surface area (Å²) in [5.74, 6) is -1.05. The number of amides is 3. The van der Waals surface area contributed by atoms with E-state index in [-0.39, 0.29) is 23.3 Å². The van der Waals surface area contributed by atoms with Crippen LogP contribution in [0.15, 0.2) is 60.3 Å². The van der Waals surface area contributed by atoms with E-state index in [4.69, 9.17) is 4.74 Å². The first-order chi connectivity index (χ1) is 21.6. The van der Waals surface area contributed by atoms with Gasteiger partial charge in [0.25, 0.3) is 11.8 Å². The van der Waals surface area contributed by atoms with Crippen LogP contribution in [-0.2, 0) is 20.9 Å². The molecule has 2 aliphatic rings. The molecule has 236 valence electrons. The molecule has 1 fully saturated rings. The third-order valence-electron chi connectivity index (χ3n) is 8.49. The zero-order chi connectivity index (χ0) is 32.2. The molecular formula is C34H38FN5O5. The maximum Gasteiger partial charge on any atom is 0.264 e.